The molecule has 0 bridgehead atoms. The molecule has 170 valence electrons. The summed E-state index contributed by atoms with van der Waals surface area (Å²) in [6.45, 7) is 6.03. The average Bonchev–Trinajstić information content (AvgIpc) is 2.80. The number of hydrogen-bond donors (Lipinski definition) is 1. The van der Waals surface area contributed by atoms with Gasteiger partial charge in [0, 0.05) is 11.6 Å². The van der Waals surface area contributed by atoms with Gasteiger partial charge in [-0.3, -0.25) is 0 Å². The molecule has 5 nitrogen and oxygen atoms in total. The maximum absolute atomic E-state index is 9.48. The largest absolute Gasteiger partial charge is 0.508 e. The minimum Gasteiger partial charge on any atom is -0.508 e. The summed E-state index contributed by atoms with van der Waals surface area (Å²) < 4.78 is 5.92. The minimum atomic E-state index is 0. The van der Waals surface area contributed by atoms with E-state index in [0.29, 0.717) is 24.2 Å². The van der Waals surface area contributed by atoms with E-state index in [4.69, 9.17) is 4.74 Å². The molecule has 6 heteroatoms. The summed E-state index contributed by atoms with van der Waals surface area (Å²) in [6, 6.07) is 19.8. The van der Waals surface area contributed by atoms with Crippen LogP contribution >= 0.6 is 12.4 Å². The second-order valence-electron chi connectivity index (χ2n) is 8.27. The Morgan fingerprint density at radius 1 is 0.969 bits per heavy atom. The summed E-state index contributed by atoms with van der Waals surface area (Å²) in [6.07, 6.45) is 4.64. The minimum absolute atomic E-state index is 0. The zero-order valence-electron chi connectivity index (χ0n) is 18.6. The van der Waals surface area contributed by atoms with Crippen molar-refractivity contribution in [3.63, 3.8) is 0 Å². The van der Waals surface area contributed by atoms with Crippen LogP contribution in [0.15, 0.2) is 60.7 Å². The standard InChI is InChI=1S/C26H31N3O2.ClH/c1-20-27-25(23-9-11-24(30)12-10-23)19-26(28-20)31-18-6-5-15-29-16-13-22(14-17-29)21-7-3-2-4-8-21;/h2-4,7-12,19,22,30H,5-6,13-18H2,1H3;1H. The number of hydrogen-bond acceptors (Lipinski definition) is 5. The topological polar surface area (TPSA) is 58.5 Å². The fraction of sp³-hybridized carbons (Fsp3) is 0.385. The van der Waals surface area contributed by atoms with Crippen molar-refractivity contribution in [3.05, 3.63) is 72.1 Å². The average molecular weight is 454 g/mol. The van der Waals surface area contributed by atoms with Gasteiger partial charge in [0.1, 0.15) is 11.6 Å². The Bertz CT molecular complexity index is 959. The molecule has 2 aromatic carbocycles. The molecule has 1 fully saturated rings. The van der Waals surface area contributed by atoms with Gasteiger partial charge in [0.15, 0.2) is 0 Å². The molecule has 1 aliphatic heterocycles. The lowest BCUT2D eigenvalue weighted by molar-refractivity contribution is 0.201. The fourth-order valence-corrected chi connectivity index (χ4v) is 4.22. The molecule has 1 N–H and O–H groups in total. The van der Waals surface area contributed by atoms with Gasteiger partial charge in [0.05, 0.1) is 12.3 Å². The molecular formula is C26H32ClN3O2. The first kappa shape index (κ1) is 24.0. The number of halogens is 1. The van der Waals surface area contributed by atoms with Crippen LogP contribution in [-0.4, -0.2) is 46.2 Å². The first-order valence-corrected chi connectivity index (χ1v) is 11.2. The highest BCUT2D eigenvalue weighted by Gasteiger charge is 2.19. The smallest absolute Gasteiger partial charge is 0.217 e. The molecule has 0 amide bonds. The van der Waals surface area contributed by atoms with E-state index in [2.05, 4.69) is 45.2 Å². The molecule has 1 aromatic heterocycles. The molecule has 0 saturated carbocycles. The molecule has 1 saturated heterocycles. The van der Waals surface area contributed by atoms with Crippen LogP contribution < -0.4 is 4.74 Å². The van der Waals surface area contributed by atoms with E-state index in [1.54, 1.807) is 12.1 Å². The zero-order valence-corrected chi connectivity index (χ0v) is 19.4. The highest BCUT2D eigenvalue weighted by molar-refractivity contribution is 5.85. The number of piperidine rings is 1. The maximum atomic E-state index is 9.48. The van der Waals surface area contributed by atoms with Gasteiger partial charge >= 0.3 is 0 Å². The number of aromatic hydroxyl groups is 1. The third kappa shape index (κ3) is 6.68. The summed E-state index contributed by atoms with van der Waals surface area (Å²) in [7, 11) is 0. The number of benzene rings is 2. The molecule has 0 radical (unpaired) electrons. The Hall–Kier alpha value is -2.63. The summed E-state index contributed by atoms with van der Waals surface area (Å²) in [5.41, 5.74) is 3.23. The molecule has 32 heavy (non-hydrogen) atoms. The molecule has 0 spiro atoms. The van der Waals surface area contributed by atoms with Crippen LogP contribution in [0.4, 0.5) is 0 Å². The van der Waals surface area contributed by atoms with Crippen LogP contribution in [0.1, 0.15) is 43.0 Å². The lowest BCUT2D eigenvalue weighted by Crippen LogP contribution is -2.33. The van der Waals surface area contributed by atoms with Gasteiger partial charge in [-0.05, 0) is 88.0 Å². The molecule has 0 aliphatic carbocycles. The number of aryl methyl sites for hydroxylation is 1. The number of phenols is 1. The summed E-state index contributed by atoms with van der Waals surface area (Å²) in [5.74, 6) is 2.25. The summed E-state index contributed by atoms with van der Waals surface area (Å²) >= 11 is 0. The number of aromatic nitrogens is 2. The predicted molar refractivity (Wildman–Crippen MR) is 131 cm³/mol. The number of unbranched alkanes of at least 4 members (excludes halogenated alkanes) is 1. The monoisotopic (exact) mass is 453 g/mol. The Morgan fingerprint density at radius 3 is 2.41 bits per heavy atom. The van der Waals surface area contributed by atoms with Crippen molar-refractivity contribution in [1.82, 2.24) is 14.9 Å². The van der Waals surface area contributed by atoms with Gasteiger partial charge in [-0.1, -0.05) is 30.3 Å². The Kier molecular flexibility index (Phi) is 8.89. The predicted octanol–water partition coefficient (Wildman–Crippen LogP) is 5.62. The number of nitrogens with zero attached hydrogens (tertiary/aromatic N) is 3. The van der Waals surface area contributed by atoms with Crippen molar-refractivity contribution >= 4 is 12.4 Å². The summed E-state index contributed by atoms with van der Waals surface area (Å²) in [5, 5.41) is 9.48. The first-order valence-electron chi connectivity index (χ1n) is 11.2. The van der Waals surface area contributed by atoms with Gasteiger partial charge < -0.3 is 14.7 Å². The Morgan fingerprint density at radius 2 is 1.69 bits per heavy atom. The van der Waals surface area contributed by atoms with Crippen molar-refractivity contribution in [1.29, 1.82) is 0 Å². The lowest BCUT2D eigenvalue weighted by atomic mass is 9.89. The van der Waals surface area contributed by atoms with Crippen molar-refractivity contribution < 1.29 is 9.84 Å². The molecule has 0 atom stereocenters. The molecule has 4 rings (SSSR count). The zero-order chi connectivity index (χ0) is 21.5. The number of ether oxygens (including phenoxy) is 1. The molecule has 1 aliphatic rings. The number of rotatable bonds is 8. The van der Waals surface area contributed by atoms with Crippen LogP contribution in [0.2, 0.25) is 0 Å². The first-order chi connectivity index (χ1) is 15.2. The van der Waals surface area contributed by atoms with Crippen molar-refractivity contribution in [2.24, 2.45) is 0 Å². The van der Waals surface area contributed by atoms with Crippen LogP contribution in [0.3, 0.4) is 0 Å². The normalized spacial score (nSPS) is 14.7. The van der Waals surface area contributed by atoms with Crippen LogP contribution in [0.25, 0.3) is 11.3 Å². The van der Waals surface area contributed by atoms with Crippen LogP contribution in [-0.2, 0) is 0 Å². The molecular weight excluding hydrogens is 422 g/mol. The highest BCUT2D eigenvalue weighted by atomic mass is 35.5. The van der Waals surface area contributed by atoms with E-state index in [-0.39, 0.29) is 18.2 Å². The molecule has 3 aromatic rings. The van der Waals surface area contributed by atoms with E-state index in [9.17, 15) is 5.11 Å². The van der Waals surface area contributed by atoms with E-state index >= 15 is 0 Å². The van der Waals surface area contributed by atoms with E-state index in [1.165, 1.54) is 31.5 Å². The van der Waals surface area contributed by atoms with Crippen molar-refractivity contribution in [3.8, 4) is 22.9 Å². The molecule has 2 heterocycles. The highest BCUT2D eigenvalue weighted by Crippen LogP contribution is 2.28. The second-order valence-corrected chi connectivity index (χ2v) is 8.27. The summed E-state index contributed by atoms with van der Waals surface area (Å²) in [4.78, 5) is 11.5. The Labute approximate surface area is 196 Å². The van der Waals surface area contributed by atoms with E-state index in [0.717, 1.165) is 30.6 Å². The van der Waals surface area contributed by atoms with Crippen molar-refractivity contribution in [2.45, 2.75) is 38.5 Å². The number of phenolic OH excluding ortho intramolecular Hbond substituents is 1. The van der Waals surface area contributed by atoms with Gasteiger partial charge in [-0.15, -0.1) is 12.4 Å². The number of likely N-dealkylation sites (tertiary alicyclic amines) is 1. The van der Waals surface area contributed by atoms with E-state index in [1.807, 2.05) is 25.1 Å². The third-order valence-electron chi connectivity index (χ3n) is 5.95. The van der Waals surface area contributed by atoms with Gasteiger partial charge in [-0.25, -0.2) is 4.98 Å². The van der Waals surface area contributed by atoms with Crippen LogP contribution in [0, 0.1) is 6.92 Å². The van der Waals surface area contributed by atoms with Gasteiger partial charge in [-0.2, -0.15) is 4.98 Å². The lowest BCUT2D eigenvalue weighted by Gasteiger charge is -2.32. The fourth-order valence-electron chi connectivity index (χ4n) is 4.22. The second kappa shape index (κ2) is 11.8. The maximum Gasteiger partial charge on any atom is 0.217 e. The quantitative estimate of drug-likeness (QED) is 0.448. The van der Waals surface area contributed by atoms with Crippen molar-refractivity contribution in [2.75, 3.05) is 26.2 Å². The Balaban J connectivity index is 0.00000289. The third-order valence-corrected chi connectivity index (χ3v) is 5.95. The van der Waals surface area contributed by atoms with Gasteiger partial charge in [0.2, 0.25) is 5.88 Å². The SMILES string of the molecule is Cc1nc(OCCCCN2CCC(c3ccccc3)CC2)cc(-c2ccc(O)cc2)n1.Cl. The van der Waals surface area contributed by atoms with Crippen LogP contribution in [0.5, 0.6) is 11.6 Å². The van der Waals surface area contributed by atoms with Gasteiger partial charge in [0.25, 0.3) is 0 Å². The van der Waals surface area contributed by atoms with E-state index < -0.39 is 0 Å². The molecule has 0 unspecified atom stereocenters.